The Morgan fingerprint density at radius 3 is 2.58 bits per heavy atom. The number of imidazole rings is 1. The van der Waals surface area contributed by atoms with Crippen molar-refractivity contribution in [2.45, 2.75) is 23.9 Å². The predicted octanol–water partition coefficient (Wildman–Crippen LogP) is 5.28. The van der Waals surface area contributed by atoms with E-state index in [-0.39, 0.29) is 0 Å². The Bertz CT molecular complexity index is 1250. The minimum Gasteiger partial charge on any atom is -0.342 e. The third kappa shape index (κ3) is 4.70. The molecule has 160 valence electrons. The van der Waals surface area contributed by atoms with Gasteiger partial charge in [0.2, 0.25) is 0 Å². The second-order valence-corrected chi connectivity index (χ2v) is 8.47. The molecule has 3 aromatic carbocycles. The molecule has 0 aliphatic rings. The van der Waals surface area contributed by atoms with Gasteiger partial charge in [0.15, 0.2) is 0 Å². The van der Waals surface area contributed by atoms with Crippen molar-refractivity contribution in [2.75, 3.05) is 7.05 Å². The summed E-state index contributed by atoms with van der Waals surface area (Å²) in [7, 11) is 0.321. The number of aromatic amines is 1. The van der Waals surface area contributed by atoms with Gasteiger partial charge in [-0.15, -0.1) is 0 Å². The second-order valence-electron chi connectivity index (χ2n) is 7.08. The van der Waals surface area contributed by atoms with Crippen LogP contribution in [0, 0.1) is 0 Å². The first-order valence-corrected chi connectivity index (χ1v) is 10.8. The van der Waals surface area contributed by atoms with E-state index in [2.05, 4.69) is 14.7 Å². The third-order valence-electron chi connectivity index (χ3n) is 5.02. The topological polar surface area (TPSA) is 57.8 Å². The molecular weight excluding hydrogens is 423 g/mol. The summed E-state index contributed by atoms with van der Waals surface area (Å²) in [4.78, 5) is 8.50. The lowest BCUT2D eigenvalue weighted by Crippen LogP contribution is -2.11. The minimum atomic E-state index is -4.35. The highest BCUT2D eigenvalue weighted by atomic mass is 32.2. The molecular formula is C23H20F3N3OS. The lowest BCUT2D eigenvalue weighted by molar-refractivity contribution is -0.137. The first kappa shape index (κ1) is 21.3. The Hall–Kier alpha value is -2.97. The zero-order valence-corrected chi connectivity index (χ0v) is 17.5. The predicted molar refractivity (Wildman–Crippen MR) is 116 cm³/mol. The van der Waals surface area contributed by atoms with E-state index in [1.165, 1.54) is 12.1 Å². The van der Waals surface area contributed by atoms with Gasteiger partial charge < -0.3 is 4.98 Å². The number of alkyl halides is 3. The van der Waals surface area contributed by atoms with E-state index in [0.717, 1.165) is 28.2 Å². The van der Waals surface area contributed by atoms with Crippen LogP contribution in [0.15, 0.2) is 71.6 Å². The van der Waals surface area contributed by atoms with Crippen LogP contribution in [0.3, 0.4) is 0 Å². The van der Waals surface area contributed by atoms with Crippen LogP contribution in [0.2, 0.25) is 0 Å². The summed E-state index contributed by atoms with van der Waals surface area (Å²) in [5, 5.41) is 0. The van der Waals surface area contributed by atoms with Crippen molar-refractivity contribution in [3.8, 4) is 11.1 Å². The number of nitrogens with zero attached hydrogens (tertiary/aromatic N) is 1. The largest absolute Gasteiger partial charge is 0.416 e. The average Bonchev–Trinajstić information content (AvgIpc) is 3.19. The molecule has 0 saturated heterocycles. The fraction of sp³-hybridized carbons (Fsp3) is 0.174. The van der Waals surface area contributed by atoms with E-state index in [4.69, 9.17) is 0 Å². The molecule has 31 heavy (non-hydrogen) atoms. The molecule has 4 aromatic rings. The molecule has 4 rings (SSSR count). The van der Waals surface area contributed by atoms with Gasteiger partial charge in [-0.3, -0.25) is 0 Å². The second kappa shape index (κ2) is 8.64. The molecule has 0 spiro atoms. The van der Waals surface area contributed by atoms with Crippen LogP contribution in [0.4, 0.5) is 13.2 Å². The van der Waals surface area contributed by atoms with Gasteiger partial charge in [-0.1, -0.05) is 42.5 Å². The fourth-order valence-electron chi connectivity index (χ4n) is 3.49. The molecule has 1 aromatic heterocycles. The van der Waals surface area contributed by atoms with Crippen molar-refractivity contribution in [1.82, 2.24) is 14.7 Å². The maximum absolute atomic E-state index is 12.9. The average molecular weight is 443 g/mol. The summed E-state index contributed by atoms with van der Waals surface area (Å²) in [5.41, 5.74) is 3.32. The van der Waals surface area contributed by atoms with E-state index in [1.54, 1.807) is 13.1 Å². The number of benzene rings is 3. The highest BCUT2D eigenvalue weighted by molar-refractivity contribution is 7.83. The Morgan fingerprint density at radius 2 is 1.81 bits per heavy atom. The van der Waals surface area contributed by atoms with Crippen molar-refractivity contribution < 1.29 is 17.4 Å². The number of aryl methyl sites for hydroxylation is 2. The van der Waals surface area contributed by atoms with Crippen LogP contribution in [0.1, 0.15) is 17.0 Å². The number of H-pyrrole nitrogens is 1. The molecule has 0 saturated carbocycles. The van der Waals surface area contributed by atoms with Crippen LogP contribution >= 0.6 is 0 Å². The van der Waals surface area contributed by atoms with Crippen LogP contribution in [-0.4, -0.2) is 21.2 Å². The third-order valence-corrected chi connectivity index (χ3v) is 6.15. The lowest BCUT2D eigenvalue weighted by atomic mass is 10.1. The SMILES string of the molecule is CNS(=O)c1ccccc1-c1ccc2nc(CCc3cccc(C(F)(F)F)c3)[nH]c2c1. The highest BCUT2D eigenvalue weighted by Gasteiger charge is 2.30. The first-order valence-electron chi connectivity index (χ1n) is 9.68. The van der Waals surface area contributed by atoms with Gasteiger partial charge >= 0.3 is 6.18 Å². The minimum absolute atomic E-state index is 0.445. The molecule has 0 fully saturated rings. The van der Waals surface area contributed by atoms with E-state index < -0.39 is 22.7 Å². The Balaban J connectivity index is 1.57. The van der Waals surface area contributed by atoms with E-state index in [9.17, 15) is 17.4 Å². The summed E-state index contributed by atoms with van der Waals surface area (Å²) in [6, 6.07) is 18.6. The molecule has 0 bridgehead atoms. The molecule has 1 unspecified atom stereocenters. The normalized spacial score (nSPS) is 12.9. The summed E-state index contributed by atoms with van der Waals surface area (Å²) >= 11 is 0. The smallest absolute Gasteiger partial charge is 0.342 e. The summed E-state index contributed by atoms with van der Waals surface area (Å²) in [6.07, 6.45) is -3.41. The molecule has 0 amide bonds. The number of halogens is 3. The standard InChI is InChI=1S/C23H20F3N3OS/c1-27-31(30)21-8-3-2-7-18(21)16-10-11-19-20(14-16)29-22(28-19)12-9-15-5-4-6-17(13-15)23(24,25)26/h2-8,10-11,13-14,27H,9,12H2,1H3,(H,28,29). The zero-order valence-electron chi connectivity index (χ0n) is 16.7. The first-order chi connectivity index (χ1) is 14.8. The quantitative estimate of drug-likeness (QED) is 0.426. The van der Waals surface area contributed by atoms with E-state index in [1.807, 2.05) is 42.5 Å². The number of hydrogen-bond acceptors (Lipinski definition) is 2. The van der Waals surface area contributed by atoms with Gasteiger partial charge in [0.1, 0.15) is 16.8 Å². The van der Waals surface area contributed by atoms with Gasteiger partial charge in [-0.25, -0.2) is 13.9 Å². The molecule has 4 nitrogen and oxygen atoms in total. The monoisotopic (exact) mass is 443 g/mol. The lowest BCUT2D eigenvalue weighted by Gasteiger charge is -2.08. The maximum atomic E-state index is 12.9. The Kier molecular flexibility index (Phi) is 5.93. The van der Waals surface area contributed by atoms with Crippen molar-refractivity contribution in [3.05, 3.63) is 83.7 Å². The Labute approximate surface area is 180 Å². The van der Waals surface area contributed by atoms with Crippen LogP contribution in [0.25, 0.3) is 22.2 Å². The summed E-state index contributed by atoms with van der Waals surface area (Å²) < 4.78 is 53.8. The van der Waals surface area contributed by atoms with Crippen LogP contribution in [0.5, 0.6) is 0 Å². The van der Waals surface area contributed by atoms with Crippen molar-refractivity contribution in [3.63, 3.8) is 0 Å². The number of nitrogens with one attached hydrogen (secondary N) is 2. The van der Waals surface area contributed by atoms with Gasteiger partial charge in [0.25, 0.3) is 0 Å². The van der Waals surface area contributed by atoms with Crippen molar-refractivity contribution in [1.29, 1.82) is 0 Å². The Morgan fingerprint density at radius 1 is 1.00 bits per heavy atom. The number of hydrogen-bond donors (Lipinski definition) is 2. The highest BCUT2D eigenvalue weighted by Crippen LogP contribution is 2.30. The number of rotatable bonds is 6. The zero-order chi connectivity index (χ0) is 22.0. The molecule has 2 N–H and O–H groups in total. The fourth-order valence-corrected chi connectivity index (χ4v) is 4.30. The molecule has 0 aliphatic heterocycles. The van der Waals surface area contributed by atoms with Crippen LogP contribution < -0.4 is 4.72 Å². The van der Waals surface area contributed by atoms with Gasteiger partial charge in [-0.05, 0) is 54.4 Å². The van der Waals surface area contributed by atoms with Gasteiger partial charge in [-0.2, -0.15) is 13.2 Å². The molecule has 1 atom stereocenters. The summed E-state index contributed by atoms with van der Waals surface area (Å²) in [6.45, 7) is 0. The molecule has 8 heteroatoms. The van der Waals surface area contributed by atoms with Crippen molar-refractivity contribution in [2.24, 2.45) is 0 Å². The van der Waals surface area contributed by atoms with Crippen molar-refractivity contribution >= 4 is 22.0 Å². The maximum Gasteiger partial charge on any atom is 0.416 e. The molecule has 0 aliphatic carbocycles. The van der Waals surface area contributed by atoms with Gasteiger partial charge in [0.05, 0.1) is 21.5 Å². The number of fused-ring (bicyclic) bond motifs is 1. The molecule has 0 radical (unpaired) electrons. The van der Waals surface area contributed by atoms with Crippen LogP contribution in [-0.2, 0) is 30.0 Å². The van der Waals surface area contributed by atoms with E-state index >= 15 is 0 Å². The number of aromatic nitrogens is 2. The van der Waals surface area contributed by atoms with E-state index in [0.29, 0.717) is 29.1 Å². The molecule has 1 heterocycles. The van der Waals surface area contributed by atoms with Gasteiger partial charge in [0, 0.05) is 6.42 Å². The summed E-state index contributed by atoms with van der Waals surface area (Å²) in [5.74, 6) is 0.705.